The second-order valence-corrected chi connectivity index (χ2v) is 6.56. The molecule has 0 aliphatic carbocycles. The molecule has 104 valence electrons. The van der Waals surface area contributed by atoms with Crippen LogP contribution in [-0.2, 0) is 16.8 Å². The number of rotatable bonds is 4. The molecule has 2 aromatic rings. The zero-order chi connectivity index (χ0) is 14.6. The van der Waals surface area contributed by atoms with E-state index in [2.05, 4.69) is 30.4 Å². The van der Waals surface area contributed by atoms with E-state index in [1.807, 2.05) is 49.4 Å². The summed E-state index contributed by atoms with van der Waals surface area (Å²) in [4.78, 5) is 0.732. The molecule has 2 rings (SSSR count). The van der Waals surface area contributed by atoms with E-state index in [-0.39, 0.29) is 5.41 Å². The normalized spacial score (nSPS) is 13.6. The second-order valence-electron chi connectivity index (χ2n) is 5.38. The van der Waals surface area contributed by atoms with Crippen LogP contribution in [0, 0.1) is 6.92 Å². The molecule has 0 spiro atoms. The van der Waals surface area contributed by atoms with Gasteiger partial charge in [0.1, 0.15) is 11.4 Å². The van der Waals surface area contributed by atoms with Crippen molar-refractivity contribution in [2.75, 3.05) is 0 Å². The highest BCUT2D eigenvalue weighted by Crippen LogP contribution is 2.22. The van der Waals surface area contributed by atoms with Crippen LogP contribution in [0.2, 0.25) is 0 Å². The first-order valence-electron chi connectivity index (χ1n) is 6.58. The number of hydrogen-bond donors (Lipinski definition) is 0. The summed E-state index contributed by atoms with van der Waals surface area (Å²) in [6.45, 7) is 6.14. The molecule has 0 aliphatic heterocycles. The Balaban J connectivity index is 2.14. The van der Waals surface area contributed by atoms with Crippen LogP contribution in [0.5, 0.6) is 0 Å². The molecule has 0 saturated carbocycles. The van der Waals surface area contributed by atoms with Crippen molar-refractivity contribution in [3.05, 3.63) is 65.7 Å². The van der Waals surface area contributed by atoms with E-state index in [1.165, 1.54) is 0 Å². The van der Waals surface area contributed by atoms with Gasteiger partial charge in [0.25, 0.3) is 0 Å². The van der Waals surface area contributed by atoms with Gasteiger partial charge >= 0.3 is 0 Å². The Morgan fingerprint density at radius 3 is 2.20 bits per heavy atom. The lowest BCUT2D eigenvalue weighted by atomic mass is 9.86. The molecule has 0 aromatic heterocycles. The standard InChI is InChI=1S/C17H19NOS/c1-14-9-11-16(12-10-14)20(19)18-13-17(2,3)15-7-5-4-6-8-15/h4-13H,1-3H3/t20-/m0/s1. The van der Waals surface area contributed by atoms with Gasteiger partial charge in [-0.05, 0) is 24.6 Å². The van der Waals surface area contributed by atoms with Crippen LogP contribution in [0.4, 0.5) is 0 Å². The van der Waals surface area contributed by atoms with Gasteiger partial charge in [-0.3, -0.25) is 0 Å². The summed E-state index contributed by atoms with van der Waals surface area (Å²) in [5.74, 6) is 0. The van der Waals surface area contributed by atoms with Gasteiger partial charge in [-0.15, -0.1) is 0 Å². The van der Waals surface area contributed by atoms with Crippen LogP contribution >= 0.6 is 0 Å². The maximum absolute atomic E-state index is 12.1. The monoisotopic (exact) mass is 285 g/mol. The fraction of sp³-hybridized carbons (Fsp3) is 0.235. The highest BCUT2D eigenvalue weighted by atomic mass is 32.2. The lowest BCUT2D eigenvalue weighted by molar-refractivity contribution is 0.596. The topological polar surface area (TPSA) is 35.4 Å². The first kappa shape index (κ1) is 14.8. The maximum Gasteiger partial charge on any atom is 0.182 e. The summed E-state index contributed by atoms with van der Waals surface area (Å²) in [6, 6.07) is 17.7. The van der Waals surface area contributed by atoms with E-state index in [0.29, 0.717) is 0 Å². The van der Waals surface area contributed by atoms with Crippen molar-refractivity contribution in [3.63, 3.8) is 0 Å². The van der Waals surface area contributed by atoms with Crippen molar-refractivity contribution in [1.82, 2.24) is 0 Å². The third kappa shape index (κ3) is 3.71. The lowest BCUT2D eigenvalue weighted by Crippen LogP contribution is -2.19. The Morgan fingerprint density at radius 2 is 1.60 bits per heavy atom. The first-order chi connectivity index (χ1) is 9.49. The van der Waals surface area contributed by atoms with Crippen LogP contribution in [0.15, 0.2) is 63.9 Å². The number of benzene rings is 2. The minimum absolute atomic E-state index is 0.235. The van der Waals surface area contributed by atoms with E-state index >= 15 is 0 Å². The molecule has 2 aromatic carbocycles. The zero-order valence-corrected chi connectivity index (χ0v) is 12.9. The van der Waals surface area contributed by atoms with E-state index in [0.717, 1.165) is 16.0 Å². The van der Waals surface area contributed by atoms with Crippen LogP contribution in [0.1, 0.15) is 25.0 Å². The highest BCUT2D eigenvalue weighted by Gasteiger charge is 2.20. The second kappa shape index (κ2) is 6.25. The largest absolute Gasteiger partial charge is 0.586 e. The van der Waals surface area contributed by atoms with Crippen LogP contribution in [-0.4, -0.2) is 10.8 Å². The van der Waals surface area contributed by atoms with Crippen molar-refractivity contribution >= 4 is 17.6 Å². The molecule has 1 atom stereocenters. The maximum atomic E-state index is 12.1. The Morgan fingerprint density at radius 1 is 1.00 bits per heavy atom. The highest BCUT2D eigenvalue weighted by molar-refractivity contribution is 7.90. The van der Waals surface area contributed by atoms with Crippen molar-refractivity contribution in [1.29, 1.82) is 0 Å². The average Bonchev–Trinajstić information content (AvgIpc) is 2.46. The Kier molecular flexibility index (Phi) is 4.63. The lowest BCUT2D eigenvalue weighted by Gasteiger charge is -2.19. The molecule has 0 fully saturated rings. The molecule has 0 heterocycles. The molecule has 3 heteroatoms. The van der Waals surface area contributed by atoms with Crippen molar-refractivity contribution in [2.45, 2.75) is 31.1 Å². The van der Waals surface area contributed by atoms with E-state index in [1.54, 1.807) is 6.21 Å². The predicted molar refractivity (Wildman–Crippen MR) is 85.5 cm³/mol. The van der Waals surface area contributed by atoms with Gasteiger partial charge in [0, 0.05) is 5.41 Å². The van der Waals surface area contributed by atoms with E-state index < -0.39 is 11.4 Å². The molecule has 0 bridgehead atoms. The van der Waals surface area contributed by atoms with Gasteiger partial charge in [0.2, 0.25) is 0 Å². The Hall–Kier alpha value is -1.58. The predicted octanol–water partition coefficient (Wildman–Crippen LogP) is 4.07. The fourth-order valence-electron chi connectivity index (χ4n) is 1.84. The van der Waals surface area contributed by atoms with Gasteiger partial charge in [-0.25, -0.2) is 0 Å². The van der Waals surface area contributed by atoms with Gasteiger partial charge in [0.05, 0.1) is 6.21 Å². The molecule has 0 saturated heterocycles. The van der Waals surface area contributed by atoms with Gasteiger partial charge in [-0.2, -0.15) is 0 Å². The van der Waals surface area contributed by atoms with Crippen molar-refractivity contribution in [3.8, 4) is 0 Å². The molecule has 0 aliphatic rings. The number of hydrogen-bond acceptors (Lipinski definition) is 2. The third-order valence-corrected chi connectivity index (χ3v) is 4.18. The van der Waals surface area contributed by atoms with Crippen LogP contribution in [0.25, 0.3) is 0 Å². The van der Waals surface area contributed by atoms with E-state index in [9.17, 15) is 4.55 Å². The van der Waals surface area contributed by atoms with Gasteiger partial charge in [0.15, 0.2) is 4.90 Å². The summed E-state index contributed by atoms with van der Waals surface area (Å²) < 4.78 is 16.4. The quantitative estimate of drug-likeness (QED) is 0.616. The third-order valence-electron chi connectivity index (χ3n) is 3.21. The minimum Gasteiger partial charge on any atom is -0.586 e. The Bertz CT molecular complexity index is 576. The zero-order valence-electron chi connectivity index (χ0n) is 12.0. The van der Waals surface area contributed by atoms with Crippen molar-refractivity contribution < 1.29 is 4.55 Å². The smallest absolute Gasteiger partial charge is 0.182 e. The minimum atomic E-state index is -1.34. The molecule has 20 heavy (non-hydrogen) atoms. The van der Waals surface area contributed by atoms with Gasteiger partial charge in [-0.1, -0.05) is 66.3 Å². The van der Waals surface area contributed by atoms with Crippen LogP contribution in [0.3, 0.4) is 0 Å². The average molecular weight is 285 g/mol. The SMILES string of the molecule is Cc1ccc([S@+]([O-])N=CC(C)(C)c2ccccc2)cc1. The summed E-state index contributed by atoms with van der Waals surface area (Å²) >= 11 is -1.34. The van der Waals surface area contributed by atoms with E-state index in [4.69, 9.17) is 0 Å². The molecular formula is C17H19NOS. The summed E-state index contributed by atoms with van der Waals surface area (Å²) in [5, 5.41) is 0. The Labute approximate surface area is 123 Å². The van der Waals surface area contributed by atoms with Crippen LogP contribution < -0.4 is 0 Å². The molecule has 0 unspecified atom stereocenters. The molecule has 0 N–H and O–H groups in total. The van der Waals surface area contributed by atoms with Crippen molar-refractivity contribution in [2.24, 2.45) is 4.40 Å². The summed E-state index contributed by atoms with van der Waals surface area (Å²) in [7, 11) is 0. The molecule has 0 radical (unpaired) electrons. The summed E-state index contributed by atoms with van der Waals surface area (Å²) in [5.41, 5.74) is 2.07. The van der Waals surface area contributed by atoms with Gasteiger partial charge < -0.3 is 4.55 Å². The number of aryl methyl sites for hydroxylation is 1. The molecule has 0 amide bonds. The first-order valence-corrected chi connectivity index (χ1v) is 7.69. The summed E-state index contributed by atoms with van der Waals surface area (Å²) in [6.07, 6.45) is 1.78. The number of nitrogens with zero attached hydrogens (tertiary/aromatic N) is 1. The molecular weight excluding hydrogens is 266 g/mol. The molecule has 2 nitrogen and oxygen atoms in total. The fourth-order valence-corrected chi connectivity index (χ4v) is 2.69.